The van der Waals surface area contributed by atoms with E-state index in [1.165, 1.54) is 57.2 Å². The summed E-state index contributed by atoms with van der Waals surface area (Å²) in [6.07, 6.45) is 9.83. The molecule has 2 N–H and O–H groups in total. The zero-order chi connectivity index (χ0) is 25.1. The van der Waals surface area contributed by atoms with Crippen LogP contribution in [-0.4, -0.2) is 31.2 Å². The van der Waals surface area contributed by atoms with Crippen LogP contribution < -0.4 is 20.2 Å². The molecule has 4 fully saturated rings. The van der Waals surface area contributed by atoms with Crippen molar-refractivity contribution in [1.29, 1.82) is 0 Å². The Labute approximate surface area is 212 Å². The van der Waals surface area contributed by atoms with Gasteiger partial charge in [-0.3, -0.25) is 9.59 Å². The molecule has 4 saturated carbocycles. The third-order valence-electron chi connectivity index (χ3n) is 7.88. The molecular formula is C29H35N3O4. The number of hydrogen-bond acceptors (Lipinski definition) is 5. The van der Waals surface area contributed by atoms with Crippen LogP contribution in [0.3, 0.4) is 0 Å². The number of benzene rings is 2. The van der Waals surface area contributed by atoms with Crippen LogP contribution in [0.5, 0.6) is 11.5 Å². The second kappa shape index (κ2) is 10.3. The first-order valence-electron chi connectivity index (χ1n) is 13.0. The lowest BCUT2D eigenvalue weighted by Crippen LogP contribution is -2.48. The molecule has 0 heterocycles. The molecule has 36 heavy (non-hydrogen) atoms. The highest BCUT2D eigenvalue weighted by Gasteiger charge is 2.51. The predicted molar refractivity (Wildman–Crippen MR) is 139 cm³/mol. The molecule has 0 unspecified atom stereocenters. The van der Waals surface area contributed by atoms with Gasteiger partial charge in [0.05, 0.1) is 12.8 Å². The zero-order valence-corrected chi connectivity index (χ0v) is 21.1. The van der Waals surface area contributed by atoms with E-state index in [2.05, 4.69) is 28.0 Å². The Kier molecular flexibility index (Phi) is 6.99. The summed E-state index contributed by atoms with van der Waals surface area (Å²) in [7, 11) is 0. The molecule has 7 nitrogen and oxygen atoms in total. The van der Waals surface area contributed by atoms with Crippen LogP contribution in [0.15, 0.2) is 47.6 Å². The normalized spacial score (nSPS) is 26.1. The minimum atomic E-state index is -0.246. The van der Waals surface area contributed by atoms with Crippen molar-refractivity contribution in [2.45, 2.75) is 57.8 Å². The van der Waals surface area contributed by atoms with Crippen molar-refractivity contribution < 1.29 is 19.1 Å². The Morgan fingerprint density at radius 1 is 0.972 bits per heavy atom. The van der Waals surface area contributed by atoms with Crippen molar-refractivity contribution in [1.82, 2.24) is 5.43 Å². The summed E-state index contributed by atoms with van der Waals surface area (Å²) in [5.41, 5.74) is 5.69. The molecule has 2 aromatic carbocycles. The highest BCUT2D eigenvalue weighted by atomic mass is 16.5. The third kappa shape index (κ3) is 5.40. The molecule has 4 aliphatic carbocycles. The van der Waals surface area contributed by atoms with Gasteiger partial charge in [-0.15, -0.1) is 0 Å². The molecule has 4 aliphatic rings. The average Bonchev–Trinajstić information content (AvgIpc) is 2.83. The van der Waals surface area contributed by atoms with Crippen molar-refractivity contribution in [2.75, 3.05) is 18.5 Å². The van der Waals surface area contributed by atoms with Gasteiger partial charge in [0.15, 0.2) is 18.1 Å². The van der Waals surface area contributed by atoms with Gasteiger partial charge in [0.25, 0.3) is 5.91 Å². The maximum atomic E-state index is 12.6. The molecule has 0 spiro atoms. The topological polar surface area (TPSA) is 89.0 Å². The smallest absolute Gasteiger partial charge is 0.262 e. The number of anilines is 1. The van der Waals surface area contributed by atoms with Crippen molar-refractivity contribution in [3.05, 3.63) is 53.6 Å². The Morgan fingerprint density at radius 3 is 2.25 bits per heavy atom. The van der Waals surface area contributed by atoms with E-state index < -0.39 is 0 Å². The van der Waals surface area contributed by atoms with Crippen molar-refractivity contribution in [3.8, 4) is 11.5 Å². The number of ether oxygens (including phenoxy) is 2. The Morgan fingerprint density at radius 2 is 1.64 bits per heavy atom. The molecule has 190 valence electrons. The number of hydrazone groups is 1. The highest BCUT2D eigenvalue weighted by molar-refractivity contribution is 5.92. The van der Waals surface area contributed by atoms with E-state index in [1.54, 1.807) is 18.2 Å². The summed E-state index contributed by atoms with van der Waals surface area (Å²) >= 11 is 0. The van der Waals surface area contributed by atoms with Gasteiger partial charge in [0.1, 0.15) is 0 Å². The number of hydrogen-bond donors (Lipinski definition) is 2. The summed E-state index contributed by atoms with van der Waals surface area (Å²) in [6, 6.07) is 13.8. The number of carbonyl (C=O) groups is 2. The monoisotopic (exact) mass is 489 g/mol. The Hall–Kier alpha value is -3.35. The second-order valence-corrected chi connectivity index (χ2v) is 10.7. The Balaban J connectivity index is 1.18. The molecule has 2 amide bonds. The maximum absolute atomic E-state index is 12.6. The van der Waals surface area contributed by atoms with Gasteiger partial charge >= 0.3 is 0 Å². The van der Waals surface area contributed by atoms with E-state index in [1.807, 2.05) is 19.1 Å². The first-order valence-corrected chi connectivity index (χ1v) is 13.0. The van der Waals surface area contributed by atoms with Crippen LogP contribution in [0, 0.1) is 17.8 Å². The number of carbonyl (C=O) groups excluding carboxylic acids is 2. The molecule has 6 rings (SSSR count). The van der Waals surface area contributed by atoms with E-state index in [4.69, 9.17) is 9.47 Å². The predicted octanol–water partition coefficient (Wildman–Crippen LogP) is 5.04. The standard InChI is InChI=1S/C29H35N3O4/c1-3-35-27-13-20(17-30-32-19(2)33)4-9-26(27)36-18-28(34)31-25-7-5-24(6-8-25)29-14-21-10-22(15-29)12-23(11-21)16-29/h4-9,13,17,21-23H,3,10-12,14-16,18H2,1-2H3,(H,31,34)(H,32,33)/b30-17-. The van der Waals surface area contributed by atoms with Gasteiger partial charge in [-0.25, -0.2) is 5.43 Å². The van der Waals surface area contributed by atoms with Crippen molar-refractivity contribution >= 4 is 23.7 Å². The second-order valence-electron chi connectivity index (χ2n) is 10.7. The van der Waals surface area contributed by atoms with Gasteiger partial charge in [0.2, 0.25) is 5.91 Å². The lowest BCUT2D eigenvalue weighted by atomic mass is 9.48. The van der Waals surface area contributed by atoms with Crippen LogP contribution in [-0.2, 0) is 15.0 Å². The van der Waals surface area contributed by atoms with E-state index in [0.717, 1.165) is 29.0 Å². The van der Waals surface area contributed by atoms with Gasteiger partial charge in [-0.05, 0) is 110 Å². The van der Waals surface area contributed by atoms with Crippen molar-refractivity contribution in [2.24, 2.45) is 22.9 Å². The van der Waals surface area contributed by atoms with Crippen LogP contribution in [0.2, 0.25) is 0 Å². The van der Waals surface area contributed by atoms with Gasteiger partial charge in [-0.2, -0.15) is 5.10 Å². The molecule has 2 aromatic rings. The number of rotatable bonds is 9. The summed E-state index contributed by atoms with van der Waals surface area (Å²) in [6.45, 7) is 3.59. The first kappa shape index (κ1) is 24.3. The molecule has 7 heteroatoms. The number of amides is 2. The maximum Gasteiger partial charge on any atom is 0.262 e. The molecule has 0 saturated heterocycles. The van der Waals surface area contributed by atoms with Crippen LogP contribution in [0.25, 0.3) is 0 Å². The first-order chi connectivity index (χ1) is 17.4. The van der Waals surface area contributed by atoms with Gasteiger partial charge in [-0.1, -0.05) is 12.1 Å². The molecule has 4 bridgehead atoms. The molecular weight excluding hydrogens is 454 g/mol. The number of nitrogens with zero attached hydrogens (tertiary/aromatic N) is 1. The Bertz CT molecular complexity index is 1110. The molecule has 0 aliphatic heterocycles. The quantitative estimate of drug-likeness (QED) is 0.381. The third-order valence-corrected chi connectivity index (χ3v) is 7.88. The fourth-order valence-corrected chi connectivity index (χ4v) is 6.90. The summed E-state index contributed by atoms with van der Waals surface area (Å²) < 4.78 is 11.4. The van der Waals surface area contributed by atoms with Crippen LogP contribution in [0.1, 0.15) is 63.5 Å². The average molecular weight is 490 g/mol. The fraction of sp³-hybridized carbons (Fsp3) is 0.483. The van der Waals surface area contributed by atoms with Gasteiger partial charge < -0.3 is 14.8 Å². The van der Waals surface area contributed by atoms with Crippen LogP contribution >= 0.6 is 0 Å². The van der Waals surface area contributed by atoms with Crippen LogP contribution in [0.4, 0.5) is 5.69 Å². The molecule has 0 aromatic heterocycles. The lowest BCUT2D eigenvalue weighted by molar-refractivity contribution is -0.119. The van der Waals surface area contributed by atoms with E-state index in [0.29, 0.717) is 23.5 Å². The largest absolute Gasteiger partial charge is 0.490 e. The summed E-state index contributed by atoms with van der Waals surface area (Å²) in [5.74, 6) is 3.24. The number of nitrogens with one attached hydrogen (secondary N) is 2. The summed E-state index contributed by atoms with van der Waals surface area (Å²) in [4.78, 5) is 23.6. The molecule has 0 radical (unpaired) electrons. The summed E-state index contributed by atoms with van der Waals surface area (Å²) in [5, 5.41) is 6.81. The van der Waals surface area contributed by atoms with Gasteiger partial charge in [0, 0.05) is 12.6 Å². The minimum Gasteiger partial charge on any atom is -0.490 e. The highest BCUT2D eigenvalue weighted by Crippen LogP contribution is 2.60. The lowest BCUT2D eigenvalue weighted by Gasteiger charge is -2.57. The zero-order valence-electron chi connectivity index (χ0n) is 21.1. The van der Waals surface area contributed by atoms with E-state index in [-0.39, 0.29) is 18.4 Å². The van der Waals surface area contributed by atoms with E-state index >= 15 is 0 Å². The molecule has 0 atom stereocenters. The SMILES string of the molecule is CCOc1cc(/C=N\NC(C)=O)ccc1OCC(=O)Nc1ccc(C23CC4CC(CC(C4)C2)C3)cc1. The fourth-order valence-electron chi connectivity index (χ4n) is 6.90. The minimum absolute atomic E-state index is 0.129. The van der Waals surface area contributed by atoms with E-state index in [9.17, 15) is 9.59 Å². The van der Waals surface area contributed by atoms with Crippen molar-refractivity contribution in [3.63, 3.8) is 0 Å².